The Labute approximate surface area is 117 Å². The minimum Gasteiger partial charge on any atom is -0.387 e. The van der Waals surface area contributed by atoms with Crippen LogP contribution in [0.4, 0.5) is 0 Å². The van der Waals surface area contributed by atoms with Crippen LogP contribution in [0.3, 0.4) is 0 Å². The van der Waals surface area contributed by atoms with Gasteiger partial charge in [0.25, 0.3) is 0 Å². The summed E-state index contributed by atoms with van der Waals surface area (Å²) in [6.45, 7) is 6.09. The lowest BCUT2D eigenvalue weighted by atomic mass is 9.89. The molecule has 1 aromatic rings. The van der Waals surface area contributed by atoms with Gasteiger partial charge in [0.2, 0.25) is 0 Å². The molecule has 0 aromatic heterocycles. The van der Waals surface area contributed by atoms with Crippen molar-refractivity contribution < 1.29 is 5.11 Å². The Morgan fingerprint density at radius 2 is 1.89 bits per heavy atom. The van der Waals surface area contributed by atoms with Crippen LogP contribution in [0.1, 0.15) is 55.9 Å². The fourth-order valence-electron chi connectivity index (χ4n) is 2.71. The van der Waals surface area contributed by atoms with Gasteiger partial charge in [-0.25, -0.2) is 0 Å². The molecule has 0 bridgehead atoms. The van der Waals surface area contributed by atoms with Crippen LogP contribution in [0, 0.1) is 5.92 Å². The average Bonchev–Trinajstić information content (AvgIpc) is 2.42. The van der Waals surface area contributed by atoms with Gasteiger partial charge in [-0.15, -0.1) is 0 Å². The summed E-state index contributed by atoms with van der Waals surface area (Å²) in [7, 11) is 0. The molecule has 1 atom stereocenters. The Balaban J connectivity index is 1.86. The first kappa shape index (κ1) is 14.5. The number of benzene rings is 1. The van der Waals surface area contributed by atoms with Gasteiger partial charge < -0.3 is 10.4 Å². The molecule has 106 valence electrons. The van der Waals surface area contributed by atoms with Gasteiger partial charge in [0.05, 0.1) is 6.10 Å². The highest BCUT2D eigenvalue weighted by Gasteiger charge is 2.13. The van der Waals surface area contributed by atoms with Gasteiger partial charge >= 0.3 is 0 Å². The second kappa shape index (κ2) is 7.06. The molecule has 1 aliphatic rings. The first-order valence-electron chi connectivity index (χ1n) is 7.67. The average molecular weight is 261 g/mol. The van der Waals surface area contributed by atoms with E-state index in [2.05, 4.69) is 37.4 Å². The van der Waals surface area contributed by atoms with Crippen LogP contribution >= 0.6 is 0 Å². The number of fused-ring (bicyclic) bond motifs is 1. The number of rotatable bonds is 6. The van der Waals surface area contributed by atoms with Gasteiger partial charge in [-0.3, -0.25) is 0 Å². The lowest BCUT2D eigenvalue weighted by Crippen LogP contribution is -2.23. The number of hydrogen-bond donors (Lipinski definition) is 2. The molecule has 0 saturated heterocycles. The maximum absolute atomic E-state index is 10.2. The van der Waals surface area contributed by atoms with Crippen molar-refractivity contribution >= 4 is 0 Å². The highest BCUT2D eigenvalue weighted by atomic mass is 16.3. The number of nitrogens with one attached hydrogen (secondary N) is 1. The van der Waals surface area contributed by atoms with Gasteiger partial charge in [0, 0.05) is 6.54 Å². The van der Waals surface area contributed by atoms with Gasteiger partial charge in [0.15, 0.2) is 0 Å². The number of aliphatic hydroxyl groups excluding tert-OH is 1. The Morgan fingerprint density at radius 3 is 2.63 bits per heavy atom. The highest BCUT2D eigenvalue weighted by molar-refractivity contribution is 5.34. The van der Waals surface area contributed by atoms with Crippen molar-refractivity contribution in [3.8, 4) is 0 Å². The van der Waals surface area contributed by atoms with Crippen molar-refractivity contribution in [3.63, 3.8) is 0 Å². The quantitative estimate of drug-likeness (QED) is 0.771. The largest absolute Gasteiger partial charge is 0.387 e. The first-order chi connectivity index (χ1) is 9.16. The minimum atomic E-state index is -0.376. The van der Waals surface area contributed by atoms with Crippen molar-refractivity contribution in [2.75, 3.05) is 13.1 Å². The Morgan fingerprint density at radius 1 is 1.16 bits per heavy atom. The molecule has 1 unspecified atom stereocenters. The van der Waals surface area contributed by atoms with E-state index in [1.165, 1.54) is 36.8 Å². The van der Waals surface area contributed by atoms with Gasteiger partial charge in [-0.05, 0) is 61.3 Å². The molecule has 2 rings (SSSR count). The molecule has 2 heteroatoms. The molecule has 0 saturated carbocycles. The second-order valence-corrected chi connectivity index (χ2v) is 6.14. The van der Waals surface area contributed by atoms with Crippen molar-refractivity contribution in [1.82, 2.24) is 5.32 Å². The summed E-state index contributed by atoms with van der Waals surface area (Å²) in [5.74, 6) is 0.716. The molecule has 2 N–H and O–H groups in total. The van der Waals surface area contributed by atoms with Crippen LogP contribution in [0.2, 0.25) is 0 Å². The summed E-state index contributed by atoms with van der Waals surface area (Å²) in [4.78, 5) is 0. The van der Waals surface area contributed by atoms with Gasteiger partial charge in [-0.2, -0.15) is 0 Å². The van der Waals surface area contributed by atoms with Crippen molar-refractivity contribution in [2.24, 2.45) is 5.92 Å². The third-order valence-electron chi connectivity index (χ3n) is 3.99. The monoisotopic (exact) mass is 261 g/mol. The maximum atomic E-state index is 10.2. The predicted molar refractivity (Wildman–Crippen MR) is 80.4 cm³/mol. The molecule has 0 radical (unpaired) electrons. The molecular formula is C17H27NO. The molecule has 0 spiro atoms. The lowest BCUT2D eigenvalue weighted by Gasteiger charge is -2.19. The standard InChI is InChI=1S/C17H27NO/c1-13(2)9-10-18-12-17(19)16-8-7-14-5-3-4-6-15(14)11-16/h7-8,11,13,17-19H,3-6,9-10,12H2,1-2H3. The van der Waals surface area contributed by atoms with E-state index < -0.39 is 0 Å². The fraction of sp³-hybridized carbons (Fsp3) is 0.647. The van der Waals surface area contributed by atoms with Crippen LogP contribution in [-0.2, 0) is 12.8 Å². The molecular weight excluding hydrogens is 234 g/mol. The van der Waals surface area contributed by atoms with Crippen LogP contribution in [0.5, 0.6) is 0 Å². The molecule has 1 aromatic carbocycles. The van der Waals surface area contributed by atoms with Crippen molar-refractivity contribution in [3.05, 3.63) is 34.9 Å². The van der Waals surface area contributed by atoms with E-state index in [0.29, 0.717) is 12.5 Å². The zero-order valence-corrected chi connectivity index (χ0v) is 12.3. The maximum Gasteiger partial charge on any atom is 0.0914 e. The highest BCUT2D eigenvalue weighted by Crippen LogP contribution is 2.24. The second-order valence-electron chi connectivity index (χ2n) is 6.14. The first-order valence-corrected chi connectivity index (χ1v) is 7.67. The number of aliphatic hydroxyl groups is 1. The molecule has 1 aliphatic carbocycles. The Kier molecular flexibility index (Phi) is 5.41. The summed E-state index contributed by atoms with van der Waals surface area (Å²) in [5.41, 5.74) is 4.00. The molecule has 2 nitrogen and oxygen atoms in total. The molecule has 0 fully saturated rings. The summed E-state index contributed by atoms with van der Waals surface area (Å²) in [6, 6.07) is 6.52. The summed E-state index contributed by atoms with van der Waals surface area (Å²) in [5, 5.41) is 13.6. The van der Waals surface area contributed by atoms with E-state index in [9.17, 15) is 5.11 Å². The normalized spacial score (nSPS) is 16.4. The summed E-state index contributed by atoms with van der Waals surface area (Å²) in [6.07, 6.45) is 5.77. The van der Waals surface area contributed by atoms with Gasteiger partial charge in [0.1, 0.15) is 0 Å². The topological polar surface area (TPSA) is 32.3 Å². The van der Waals surface area contributed by atoms with Crippen LogP contribution in [0.25, 0.3) is 0 Å². The SMILES string of the molecule is CC(C)CCNCC(O)c1ccc2c(c1)CCCC2. The Bertz CT molecular complexity index is 400. The summed E-state index contributed by atoms with van der Waals surface area (Å²) >= 11 is 0. The molecule has 0 heterocycles. The Hall–Kier alpha value is -0.860. The number of aryl methyl sites for hydroxylation is 2. The predicted octanol–water partition coefficient (Wildman–Crippen LogP) is 3.23. The minimum absolute atomic E-state index is 0.376. The zero-order valence-electron chi connectivity index (χ0n) is 12.3. The molecule has 0 aliphatic heterocycles. The lowest BCUT2D eigenvalue weighted by molar-refractivity contribution is 0.174. The van der Waals surface area contributed by atoms with E-state index in [0.717, 1.165) is 18.5 Å². The van der Waals surface area contributed by atoms with Crippen molar-refractivity contribution in [1.29, 1.82) is 0 Å². The van der Waals surface area contributed by atoms with Crippen LogP contribution in [0.15, 0.2) is 18.2 Å². The van der Waals surface area contributed by atoms with E-state index in [-0.39, 0.29) is 6.10 Å². The third kappa shape index (κ3) is 4.32. The van der Waals surface area contributed by atoms with E-state index in [4.69, 9.17) is 0 Å². The number of hydrogen-bond acceptors (Lipinski definition) is 2. The third-order valence-corrected chi connectivity index (χ3v) is 3.99. The fourth-order valence-corrected chi connectivity index (χ4v) is 2.71. The molecule has 0 amide bonds. The van der Waals surface area contributed by atoms with Crippen LogP contribution in [-0.4, -0.2) is 18.2 Å². The van der Waals surface area contributed by atoms with Crippen LogP contribution < -0.4 is 5.32 Å². The zero-order chi connectivity index (χ0) is 13.7. The summed E-state index contributed by atoms with van der Waals surface area (Å²) < 4.78 is 0. The van der Waals surface area contributed by atoms with Crippen molar-refractivity contribution in [2.45, 2.75) is 52.1 Å². The molecule has 19 heavy (non-hydrogen) atoms. The van der Waals surface area contributed by atoms with E-state index >= 15 is 0 Å². The van der Waals surface area contributed by atoms with Gasteiger partial charge in [-0.1, -0.05) is 32.0 Å². The van der Waals surface area contributed by atoms with E-state index in [1.807, 2.05) is 0 Å². The smallest absolute Gasteiger partial charge is 0.0914 e. The van der Waals surface area contributed by atoms with E-state index in [1.54, 1.807) is 0 Å².